The number of rotatable bonds is 7. The molecule has 5 rings (SSSR count). The molecule has 8 heteroatoms. The minimum Gasteiger partial charge on any atom is -0.390 e. The molecule has 0 saturated carbocycles. The zero-order valence-corrected chi connectivity index (χ0v) is 20.2. The number of nitrogens with zero attached hydrogens (tertiary/aromatic N) is 5. The highest BCUT2D eigenvalue weighted by Crippen LogP contribution is 2.38. The van der Waals surface area contributed by atoms with E-state index in [1.807, 2.05) is 41.0 Å². The van der Waals surface area contributed by atoms with Gasteiger partial charge in [0.2, 0.25) is 0 Å². The molecular formula is C27H25ClN6O. The SMILES string of the molecule is CCC(C)c1nc(Cl)c(CO)n1-c1ccccc1-c1ccc(-c2ccccc2)c(-c2nnn[nH]2)c1. The van der Waals surface area contributed by atoms with Gasteiger partial charge < -0.3 is 5.11 Å². The van der Waals surface area contributed by atoms with Crippen molar-refractivity contribution in [3.63, 3.8) is 0 Å². The molecule has 7 nitrogen and oxygen atoms in total. The Morgan fingerprint density at radius 1 is 0.943 bits per heavy atom. The molecule has 2 aromatic heterocycles. The predicted molar refractivity (Wildman–Crippen MR) is 137 cm³/mol. The van der Waals surface area contributed by atoms with E-state index in [1.54, 1.807) is 0 Å². The van der Waals surface area contributed by atoms with Crippen LogP contribution < -0.4 is 0 Å². The lowest BCUT2D eigenvalue weighted by Gasteiger charge is -2.19. The second-order valence-corrected chi connectivity index (χ2v) is 8.76. The Labute approximate surface area is 208 Å². The van der Waals surface area contributed by atoms with Gasteiger partial charge in [0.1, 0.15) is 5.82 Å². The number of H-pyrrole nitrogens is 1. The molecule has 2 heterocycles. The van der Waals surface area contributed by atoms with Crippen LogP contribution in [0.5, 0.6) is 0 Å². The van der Waals surface area contributed by atoms with Gasteiger partial charge in [-0.1, -0.05) is 86.1 Å². The third kappa shape index (κ3) is 4.24. The van der Waals surface area contributed by atoms with Crippen LogP contribution in [0, 0.1) is 0 Å². The molecular weight excluding hydrogens is 460 g/mol. The summed E-state index contributed by atoms with van der Waals surface area (Å²) in [5.41, 5.74) is 6.43. The average Bonchev–Trinajstić information content (AvgIpc) is 3.56. The summed E-state index contributed by atoms with van der Waals surface area (Å²) >= 11 is 6.46. The van der Waals surface area contributed by atoms with Gasteiger partial charge in [0, 0.05) is 17.0 Å². The number of imidazole rings is 1. The van der Waals surface area contributed by atoms with Crippen LogP contribution >= 0.6 is 11.6 Å². The third-order valence-electron chi connectivity index (χ3n) is 6.31. The van der Waals surface area contributed by atoms with E-state index in [4.69, 9.17) is 11.6 Å². The topological polar surface area (TPSA) is 92.5 Å². The van der Waals surface area contributed by atoms with Crippen molar-refractivity contribution in [1.82, 2.24) is 30.2 Å². The number of hydrogen-bond donors (Lipinski definition) is 2. The first kappa shape index (κ1) is 23.0. The number of aliphatic hydroxyl groups is 1. The van der Waals surface area contributed by atoms with Gasteiger partial charge in [-0.15, -0.1) is 5.10 Å². The van der Waals surface area contributed by atoms with Gasteiger partial charge in [0.05, 0.1) is 18.0 Å². The molecule has 3 aromatic carbocycles. The average molecular weight is 485 g/mol. The summed E-state index contributed by atoms with van der Waals surface area (Å²) in [5.74, 6) is 1.58. The maximum atomic E-state index is 10.1. The van der Waals surface area contributed by atoms with Crippen LogP contribution in [0.2, 0.25) is 5.15 Å². The van der Waals surface area contributed by atoms with Crippen molar-refractivity contribution in [1.29, 1.82) is 0 Å². The Balaban J connectivity index is 1.73. The highest BCUT2D eigenvalue weighted by molar-refractivity contribution is 6.30. The molecule has 0 fully saturated rings. The number of tetrazole rings is 1. The smallest absolute Gasteiger partial charge is 0.180 e. The summed E-state index contributed by atoms with van der Waals surface area (Å²) in [6.45, 7) is 4.02. The van der Waals surface area contributed by atoms with Crippen molar-refractivity contribution in [3.8, 4) is 39.3 Å². The fourth-order valence-electron chi connectivity index (χ4n) is 4.33. The minimum absolute atomic E-state index is 0.164. The second-order valence-electron chi connectivity index (χ2n) is 8.40. The number of para-hydroxylation sites is 1. The lowest BCUT2D eigenvalue weighted by molar-refractivity contribution is 0.274. The van der Waals surface area contributed by atoms with Gasteiger partial charge in [-0.05, 0) is 45.7 Å². The number of nitrogens with one attached hydrogen (secondary N) is 1. The standard InChI is InChI=1S/C27H25ClN6O/c1-3-17(2)27-29-25(28)24(16-35)34(27)23-12-8-7-11-21(23)19-13-14-20(18-9-5-4-6-10-18)22(15-19)26-30-32-33-31-26/h4-15,17,35H,3,16H2,1-2H3,(H,30,31,32,33). The molecule has 0 spiro atoms. The van der Waals surface area contributed by atoms with Gasteiger partial charge in [-0.3, -0.25) is 4.57 Å². The monoisotopic (exact) mass is 484 g/mol. The first-order valence-corrected chi connectivity index (χ1v) is 11.9. The molecule has 176 valence electrons. The number of halogens is 1. The van der Waals surface area contributed by atoms with E-state index in [9.17, 15) is 5.11 Å². The molecule has 0 amide bonds. The van der Waals surface area contributed by atoms with Gasteiger partial charge in [0.15, 0.2) is 11.0 Å². The minimum atomic E-state index is -0.210. The third-order valence-corrected chi connectivity index (χ3v) is 6.62. The van der Waals surface area contributed by atoms with Crippen molar-refractivity contribution < 1.29 is 5.11 Å². The van der Waals surface area contributed by atoms with E-state index in [2.05, 4.69) is 75.9 Å². The van der Waals surface area contributed by atoms with E-state index in [1.165, 1.54) is 0 Å². The number of aromatic nitrogens is 6. The molecule has 0 aliphatic rings. The Hall–Kier alpha value is -3.81. The summed E-state index contributed by atoms with van der Waals surface area (Å²) in [6.07, 6.45) is 0.898. The van der Waals surface area contributed by atoms with E-state index in [-0.39, 0.29) is 12.5 Å². The van der Waals surface area contributed by atoms with Gasteiger partial charge in [0.25, 0.3) is 0 Å². The first-order chi connectivity index (χ1) is 17.1. The predicted octanol–water partition coefficient (Wildman–Crippen LogP) is 6.05. The zero-order chi connectivity index (χ0) is 24.4. The molecule has 2 N–H and O–H groups in total. The van der Waals surface area contributed by atoms with Crippen LogP contribution in [-0.2, 0) is 6.61 Å². The Morgan fingerprint density at radius 2 is 1.71 bits per heavy atom. The van der Waals surface area contributed by atoms with Crippen molar-refractivity contribution in [2.45, 2.75) is 32.8 Å². The van der Waals surface area contributed by atoms with Crippen molar-refractivity contribution >= 4 is 11.6 Å². The van der Waals surface area contributed by atoms with Crippen LogP contribution in [0.1, 0.15) is 37.7 Å². The van der Waals surface area contributed by atoms with Gasteiger partial charge in [-0.2, -0.15) is 0 Å². The molecule has 0 aliphatic heterocycles. The molecule has 0 bridgehead atoms. The summed E-state index contributed by atoms with van der Waals surface area (Å²) < 4.78 is 1.99. The molecule has 35 heavy (non-hydrogen) atoms. The number of hydrogen-bond acceptors (Lipinski definition) is 5. The lowest BCUT2D eigenvalue weighted by Crippen LogP contribution is -2.09. The Morgan fingerprint density at radius 3 is 2.43 bits per heavy atom. The van der Waals surface area contributed by atoms with Crippen molar-refractivity contribution in [2.24, 2.45) is 0 Å². The van der Waals surface area contributed by atoms with Gasteiger partial charge >= 0.3 is 0 Å². The van der Waals surface area contributed by atoms with Crippen LogP contribution in [0.4, 0.5) is 0 Å². The van der Waals surface area contributed by atoms with E-state index in [0.717, 1.165) is 45.7 Å². The van der Waals surface area contributed by atoms with E-state index >= 15 is 0 Å². The Bertz CT molecular complexity index is 1450. The highest BCUT2D eigenvalue weighted by atomic mass is 35.5. The van der Waals surface area contributed by atoms with Gasteiger partial charge in [-0.25, -0.2) is 10.1 Å². The molecule has 1 unspecified atom stereocenters. The largest absolute Gasteiger partial charge is 0.390 e. The van der Waals surface area contributed by atoms with Crippen LogP contribution in [0.3, 0.4) is 0 Å². The molecule has 0 saturated heterocycles. The van der Waals surface area contributed by atoms with E-state index in [0.29, 0.717) is 16.7 Å². The molecule has 0 aliphatic carbocycles. The Kier molecular flexibility index (Phi) is 6.44. The van der Waals surface area contributed by atoms with E-state index < -0.39 is 0 Å². The normalized spacial score (nSPS) is 12.1. The second kappa shape index (κ2) is 9.82. The summed E-state index contributed by atoms with van der Waals surface area (Å²) in [7, 11) is 0. The quantitative estimate of drug-likeness (QED) is 0.293. The fourth-order valence-corrected chi connectivity index (χ4v) is 4.56. The van der Waals surface area contributed by atoms with Crippen LogP contribution in [-0.4, -0.2) is 35.3 Å². The number of benzene rings is 3. The first-order valence-electron chi connectivity index (χ1n) is 11.5. The maximum absolute atomic E-state index is 10.1. The maximum Gasteiger partial charge on any atom is 0.180 e. The summed E-state index contributed by atoms with van der Waals surface area (Å²) in [6, 6.07) is 24.5. The van der Waals surface area contributed by atoms with Crippen LogP contribution in [0.15, 0.2) is 72.8 Å². The van der Waals surface area contributed by atoms with Crippen LogP contribution in [0.25, 0.3) is 39.3 Å². The highest BCUT2D eigenvalue weighted by Gasteiger charge is 2.23. The summed E-state index contributed by atoms with van der Waals surface area (Å²) in [4.78, 5) is 4.61. The lowest BCUT2D eigenvalue weighted by atomic mass is 9.93. The summed E-state index contributed by atoms with van der Waals surface area (Å²) in [5, 5.41) is 25.1. The molecule has 0 radical (unpaired) electrons. The van der Waals surface area contributed by atoms with Crippen molar-refractivity contribution in [3.05, 3.63) is 89.5 Å². The zero-order valence-electron chi connectivity index (χ0n) is 19.5. The number of aliphatic hydroxyl groups excluding tert-OH is 1. The fraction of sp³-hybridized carbons (Fsp3) is 0.185. The molecule has 5 aromatic rings. The number of aromatic amines is 1. The van der Waals surface area contributed by atoms with Crippen molar-refractivity contribution in [2.75, 3.05) is 0 Å². The molecule has 1 atom stereocenters.